The molecule has 7 nitrogen and oxygen atoms in total. The Labute approximate surface area is 194 Å². The van der Waals surface area contributed by atoms with E-state index < -0.39 is 0 Å². The molecule has 7 heteroatoms. The summed E-state index contributed by atoms with van der Waals surface area (Å²) >= 11 is 0. The topological polar surface area (TPSA) is 74.0 Å². The van der Waals surface area contributed by atoms with E-state index >= 15 is 0 Å². The summed E-state index contributed by atoms with van der Waals surface area (Å²) < 4.78 is 22.6. The molecule has 0 bridgehead atoms. The summed E-state index contributed by atoms with van der Waals surface area (Å²) in [4.78, 5) is 19.2. The molecule has 1 unspecified atom stereocenters. The molecule has 1 aliphatic heterocycles. The second kappa shape index (κ2) is 10.4. The van der Waals surface area contributed by atoms with Crippen LogP contribution in [0.5, 0.6) is 17.2 Å². The minimum atomic E-state index is -0.0527. The van der Waals surface area contributed by atoms with Crippen LogP contribution in [0.3, 0.4) is 0 Å². The largest absolute Gasteiger partial charge is 0.496 e. The van der Waals surface area contributed by atoms with Crippen LogP contribution in [0, 0.1) is 6.92 Å². The molecule has 1 amide bonds. The molecule has 2 heterocycles. The first-order chi connectivity index (χ1) is 16.1. The summed E-state index contributed by atoms with van der Waals surface area (Å²) in [6, 6.07) is 13.5. The maximum atomic E-state index is 12.8. The molecule has 0 saturated carbocycles. The van der Waals surface area contributed by atoms with Gasteiger partial charge in [-0.2, -0.15) is 0 Å². The van der Waals surface area contributed by atoms with E-state index in [1.807, 2.05) is 54.3 Å². The highest BCUT2D eigenvalue weighted by Crippen LogP contribution is 2.30. The molecule has 1 atom stereocenters. The van der Waals surface area contributed by atoms with Crippen molar-refractivity contribution < 1.29 is 23.4 Å². The van der Waals surface area contributed by atoms with Crippen LogP contribution < -0.4 is 14.2 Å². The van der Waals surface area contributed by atoms with Crippen LogP contribution in [0.25, 0.3) is 0 Å². The third-order valence-corrected chi connectivity index (χ3v) is 5.92. The fraction of sp³-hybridized carbons (Fsp3) is 0.385. The van der Waals surface area contributed by atoms with E-state index in [9.17, 15) is 4.79 Å². The molecule has 0 radical (unpaired) electrons. The molecule has 0 N–H and O–H groups in total. The lowest BCUT2D eigenvalue weighted by Gasteiger charge is -2.31. The summed E-state index contributed by atoms with van der Waals surface area (Å²) in [6.07, 6.45) is 4.22. The van der Waals surface area contributed by atoms with Gasteiger partial charge in [0.2, 0.25) is 0 Å². The van der Waals surface area contributed by atoms with Crippen LogP contribution >= 0.6 is 0 Å². The van der Waals surface area contributed by atoms with Crippen molar-refractivity contribution in [2.24, 2.45) is 0 Å². The van der Waals surface area contributed by atoms with E-state index in [1.54, 1.807) is 20.4 Å². The number of methoxy groups -OCH3 is 2. The van der Waals surface area contributed by atoms with Gasteiger partial charge >= 0.3 is 0 Å². The molecule has 0 aliphatic carbocycles. The second-order valence-electron chi connectivity index (χ2n) is 8.28. The molecule has 3 aromatic rings. The Hall–Kier alpha value is -3.48. The fourth-order valence-electron chi connectivity index (χ4n) is 4.16. The first-order valence-electron chi connectivity index (χ1n) is 11.2. The van der Waals surface area contributed by atoms with E-state index in [0.717, 1.165) is 35.5 Å². The van der Waals surface area contributed by atoms with E-state index in [0.29, 0.717) is 36.9 Å². The second-order valence-corrected chi connectivity index (χ2v) is 8.28. The number of aryl methyl sites for hydroxylation is 1. The number of amides is 1. The van der Waals surface area contributed by atoms with Gasteiger partial charge in [-0.3, -0.25) is 4.79 Å². The van der Waals surface area contributed by atoms with Crippen molar-refractivity contribution in [3.63, 3.8) is 0 Å². The maximum Gasteiger partial charge on any atom is 0.260 e. The number of aromatic nitrogens is 1. The molecule has 174 valence electrons. The zero-order valence-electron chi connectivity index (χ0n) is 19.4. The van der Waals surface area contributed by atoms with Crippen molar-refractivity contribution in [2.75, 3.05) is 33.9 Å². The van der Waals surface area contributed by atoms with E-state index in [2.05, 4.69) is 4.98 Å². The number of benzene rings is 2. The summed E-state index contributed by atoms with van der Waals surface area (Å²) in [5.41, 5.74) is 2.12. The monoisotopic (exact) mass is 450 g/mol. The predicted octanol–water partition coefficient (Wildman–Crippen LogP) is 4.38. The van der Waals surface area contributed by atoms with Gasteiger partial charge in [0.1, 0.15) is 11.5 Å². The van der Waals surface area contributed by atoms with Crippen LogP contribution in [0.15, 0.2) is 53.1 Å². The SMILES string of the molecule is COc1ccccc1Cc1cnc(C2CCCN(C(=O)COc3ccc(C)cc3OC)C2)o1. The maximum absolute atomic E-state index is 12.8. The Kier molecular flexibility index (Phi) is 7.17. The molecule has 1 saturated heterocycles. The van der Waals surface area contributed by atoms with Crippen LogP contribution in [-0.4, -0.2) is 49.7 Å². The first kappa shape index (κ1) is 22.7. The number of likely N-dealkylation sites (tertiary alicyclic amines) is 1. The van der Waals surface area contributed by atoms with Gasteiger partial charge in [-0.05, 0) is 43.5 Å². The number of para-hydroxylation sites is 1. The van der Waals surface area contributed by atoms with Crippen LogP contribution in [0.2, 0.25) is 0 Å². The van der Waals surface area contributed by atoms with Crippen molar-refractivity contribution in [2.45, 2.75) is 32.1 Å². The minimum absolute atomic E-state index is 0.0310. The Balaban J connectivity index is 1.36. The van der Waals surface area contributed by atoms with Gasteiger partial charge in [0.15, 0.2) is 24.0 Å². The molecule has 1 aromatic heterocycles. The molecule has 1 aliphatic rings. The van der Waals surface area contributed by atoms with Crippen LogP contribution in [-0.2, 0) is 11.2 Å². The Morgan fingerprint density at radius 1 is 1.12 bits per heavy atom. The van der Waals surface area contributed by atoms with Gasteiger partial charge in [-0.15, -0.1) is 0 Å². The number of rotatable bonds is 8. The van der Waals surface area contributed by atoms with Gasteiger partial charge in [-0.1, -0.05) is 24.3 Å². The Morgan fingerprint density at radius 2 is 1.94 bits per heavy atom. The lowest BCUT2D eigenvalue weighted by atomic mass is 9.98. The predicted molar refractivity (Wildman–Crippen MR) is 124 cm³/mol. The summed E-state index contributed by atoms with van der Waals surface area (Å²) in [5.74, 6) is 3.51. The number of hydrogen-bond acceptors (Lipinski definition) is 6. The molecule has 0 spiro atoms. The smallest absolute Gasteiger partial charge is 0.260 e. The van der Waals surface area contributed by atoms with E-state index in [-0.39, 0.29) is 18.4 Å². The number of nitrogens with zero attached hydrogens (tertiary/aromatic N) is 2. The van der Waals surface area contributed by atoms with E-state index in [4.69, 9.17) is 18.6 Å². The lowest BCUT2D eigenvalue weighted by Crippen LogP contribution is -2.41. The highest BCUT2D eigenvalue weighted by molar-refractivity contribution is 5.78. The zero-order chi connectivity index (χ0) is 23.2. The van der Waals surface area contributed by atoms with Crippen molar-refractivity contribution in [1.29, 1.82) is 0 Å². The first-order valence-corrected chi connectivity index (χ1v) is 11.2. The highest BCUT2D eigenvalue weighted by atomic mass is 16.5. The standard InChI is InChI=1S/C26H30N2O5/c1-18-10-11-23(24(13-18)31-3)32-17-25(29)28-12-6-8-20(16-28)26-27-15-21(33-26)14-19-7-4-5-9-22(19)30-2/h4-5,7,9-11,13,15,20H,6,8,12,14,16-17H2,1-3H3. The molecule has 33 heavy (non-hydrogen) atoms. The summed E-state index contributed by atoms with van der Waals surface area (Å²) in [6.45, 7) is 3.23. The Bertz CT molecular complexity index is 1090. The van der Waals surface area contributed by atoms with Gasteiger partial charge in [0.05, 0.1) is 26.3 Å². The number of hydrogen-bond donors (Lipinski definition) is 0. The van der Waals surface area contributed by atoms with Gasteiger partial charge in [0.25, 0.3) is 5.91 Å². The van der Waals surface area contributed by atoms with E-state index in [1.165, 1.54) is 0 Å². The number of ether oxygens (including phenoxy) is 3. The third-order valence-electron chi connectivity index (χ3n) is 5.92. The zero-order valence-corrected chi connectivity index (χ0v) is 19.4. The van der Waals surface area contributed by atoms with Gasteiger partial charge < -0.3 is 23.5 Å². The van der Waals surface area contributed by atoms with Crippen LogP contribution in [0.4, 0.5) is 0 Å². The minimum Gasteiger partial charge on any atom is -0.496 e. The average molecular weight is 451 g/mol. The van der Waals surface area contributed by atoms with Crippen molar-refractivity contribution >= 4 is 5.91 Å². The molecular formula is C26H30N2O5. The normalized spacial score (nSPS) is 15.8. The number of piperidine rings is 1. The van der Waals surface area contributed by atoms with Crippen LogP contribution in [0.1, 0.15) is 41.5 Å². The third kappa shape index (κ3) is 5.48. The van der Waals surface area contributed by atoms with Crippen molar-refractivity contribution in [3.8, 4) is 17.2 Å². The molecule has 4 rings (SSSR count). The number of carbonyl (C=O) groups is 1. The molecule has 2 aromatic carbocycles. The van der Waals surface area contributed by atoms with Crippen molar-refractivity contribution in [3.05, 3.63) is 71.4 Å². The number of carbonyl (C=O) groups excluding carboxylic acids is 1. The molecule has 1 fully saturated rings. The number of oxazole rings is 1. The quantitative estimate of drug-likeness (QED) is 0.507. The summed E-state index contributed by atoms with van der Waals surface area (Å²) in [5, 5.41) is 0. The highest BCUT2D eigenvalue weighted by Gasteiger charge is 2.28. The lowest BCUT2D eigenvalue weighted by molar-refractivity contribution is -0.134. The van der Waals surface area contributed by atoms with Crippen molar-refractivity contribution in [1.82, 2.24) is 9.88 Å². The van der Waals surface area contributed by atoms with Gasteiger partial charge in [-0.25, -0.2) is 4.98 Å². The average Bonchev–Trinajstić information content (AvgIpc) is 3.32. The fourth-order valence-corrected chi connectivity index (χ4v) is 4.16. The van der Waals surface area contributed by atoms with Gasteiger partial charge in [0, 0.05) is 25.1 Å². The Morgan fingerprint density at radius 3 is 2.76 bits per heavy atom. The summed E-state index contributed by atoms with van der Waals surface area (Å²) in [7, 11) is 3.26. The molecular weight excluding hydrogens is 420 g/mol.